The van der Waals surface area contributed by atoms with Crippen molar-refractivity contribution in [1.82, 2.24) is 20.6 Å². The van der Waals surface area contributed by atoms with Gasteiger partial charge in [0.15, 0.2) is 0 Å². The number of tetrazole rings is 1. The van der Waals surface area contributed by atoms with Crippen LogP contribution in [0.1, 0.15) is 16.7 Å². The zero-order chi connectivity index (χ0) is 13.8. The Morgan fingerprint density at radius 1 is 0.850 bits per heavy atom. The van der Waals surface area contributed by atoms with Crippen molar-refractivity contribution < 1.29 is 0 Å². The van der Waals surface area contributed by atoms with Gasteiger partial charge in [0.1, 0.15) is 0 Å². The van der Waals surface area contributed by atoms with Gasteiger partial charge in [-0.25, -0.2) is 0 Å². The molecule has 0 saturated heterocycles. The van der Waals surface area contributed by atoms with E-state index in [-0.39, 0.29) is 0 Å². The predicted molar refractivity (Wildman–Crippen MR) is 79.7 cm³/mol. The van der Waals surface area contributed by atoms with Crippen molar-refractivity contribution >= 4 is 12.2 Å². The molecule has 1 N–H and O–H groups in total. The summed E-state index contributed by atoms with van der Waals surface area (Å²) in [6.45, 7) is 2.09. The largest absolute Gasteiger partial charge is 0.204 e. The highest BCUT2D eigenvalue weighted by atomic mass is 15.5. The first-order valence-electron chi connectivity index (χ1n) is 6.40. The topological polar surface area (TPSA) is 54.5 Å². The maximum atomic E-state index is 3.95. The Balaban J connectivity index is 1.76. The van der Waals surface area contributed by atoms with E-state index in [4.69, 9.17) is 0 Å². The molecule has 4 heteroatoms. The summed E-state index contributed by atoms with van der Waals surface area (Å²) in [7, 11) is 0. The highest BCUT2D eigenvalue weighted by Gasteiger charge is 2.00. The number of H-pyrrole nitrogens is 1. The van der Waals surface area contributed by atoms with Crippen LogP contribution in [0.15, 0.2) is 48.5 Å². The van der Waals surface area contributed by atoms with Crippen molar-refractivity contribution in [2.45, 2.75) is 6.92 Å². The number of hydrogen-bond acceptors (Lipinski definition) is 3. The first kappa shape index (κ1) is 12.3. The van der Waals surface area contributed by atoms with Gasteiger partial charge in [0.2, 0.25) is 5.82 Å². The average molecular weight is 262 g/mol. The minimum absolute atomic E-state index is 0.610. The van der Waals surface area contributed by atoms with Crippen LogP contribution in [0.2, 0.25) is 0 Å². The number of nitrogens with one attached hydrogen (secondary N) is 1. The van der Waals surface area contributed by atoms with E-state index in [2.05, 4.69) is 64.0 Å². The van der Waals surface area contributed by atoms with Crippen LogP contribution in [0.5, 0.6) is 0 Å². The van der Waals surface area contributed by atoms with E-state index in [1.54, 1.807) is 0 Å². The van der Waals surface area contributed by atoms with Crippen molar-refractivity contribution in [1.29, 1.82) is 0 Å². The maximum Gasteiger partial charge on any atom is 0.204 e. The molecule has 0 aliphatic heterocycles. The molecule has 0 unspecified atom stereocenters. The Labute approximate surface area is 117 Å². The molecule has 2 aromatic carbocycles. The van der Waals surface area contributed by atoms with Gasteiger partial charge in [-0.1, -0.05) is 66.2 Å². The fraction of sp³-hybridized carbons (Fsp3) is 0.0625. The van der Waals surface area contributed by atoms with Crippen molar-refractivity contribution in [3.63, 3.8) is 0 Å². The van der Waals surface area contributed by atoms with Crippen LogP contribution in [0.4, 0.5) is 0 Å². The van der Waals surface area contributed by atoms with Gasteiger partial charge in [-0.3, -0.25) is 0 Å². The molecule has 0 amide bonds. The summed E-state index contributed by atoms with van der Waals surface area (Å²) in [5.41, 5.74) is 4.55. The molecule has 3 aromatic rings. The minimum atomic E-state index is 0.610. The van der Waals surface area contributed by atoms with Crippen LogP contribution in [0.3, 0.4) is 0 Å². The lowest BCUT2D eigenvalue weighted by Crippen LogP contribution is -1.81. The van der Waals surface area contributed by atoms with Crippen LogP contribution in [0.25, 0.3) is 23.5 Å². The van der Waals surface area contributed by atoms with Crippen LogP contribution in [0, 0.1) is 6.92 Å². The van der Waals surface area contributed by atoms with Crippen molar-refractivity contribution in [3.05, 3.63) is 65.2 Å². The second-order valence-corrected chi connectivity index (χ2v) is 4.60. The lowest BCUT2D eigenvalue weighted by Gasteiger charge is -1.97. The summed E-state index contributed by atoms with van der Waals surface area (Å²) >= 11 is 0. The molecule has 98 valence electrons. The lowest BCUT2D eigenvalue weighted by atomic mass is 10.1. The third-order valence-corrected chi connectivity index (χ3v) is 3.06. The van der Waals surface area contributed by atoms with E-state index >= 15 is 0 Å². The lowest BCUT2D eigenvalue weighted by molar-refractivity contribution is 0.881. The maximum absolute atomic E-state index is 3.95. The van der Waals surface area contributed by atoms with Gasteiger partial charge >= 0.3 is 0 Å². The van der Waals surface area contributed by atoms with Crippen LogP contribution >= 0.6 is 0 Å². The smallest absolute Gasteiger partial charge is 0.177 e. The SMILES string of the molecule is Cc1ccc(/C=C/c2ccc(-c3nn[nH]n3)cc2)cc1. The molecule has 3 rings (SSSR count). The molecule has 0 fully saturated rings. The molecule has 0 spiro atoms. The fourth-order valence-corrected chi connectivity index (χ4v) is 1.90. The molecule has 0 aliphatic carbocycles. The molecule has 0 saturated carbocycles. The average Bonchev–Trinajstić information content (AvgIpc) is 3.01. The number of nitrogens with zero attached hydrogens (tertiary/aromatic N) is 3. The normalized spacial score (nSPS) is 11.1. The molecular weight excluding hydrogens is 248 g/mol. The van der Waals surface area contributed by atoms with Crippen molar-refractivity contribution in [3.8, 4) is 11.4 Å². The zero-order valence-corrected chi connectivity index (χ0v) is 11.1. The van der Waals surface area contributed by atoms with E-state index in [1.165, 1.54) is 11.1 Å². The van der Waals surface area contributed by atoms with Crippen LogP contribution in [-0.4, -0.2) is 20.6 Å². The van der Waals surface area contributed by atoms with Gasteiger partial charge in [0.05, 0.1) is 0 Å². The molecular formula is C16H14N4. The van der Waals surface area contributed by atoms with E-state index in [1.807, 2.05) is 24.3 Å². The molecule has 0 atom stereocenters. The quantitative estimate of drug-likeness (QED) is 0.736. The van der Waals surface area contributed by atoms with Gasteiger partial charge in [-0.2, -0.15) is 5.21 Å². The third-order valence-electron chi connectivity index (χ3n) is 3.06. The van der Waals surface area contributed by atoms with Crippen molar-refractivity contribution in [2.24, 2.45) is 0 Å². The monoisotopic (exact) mass is 262 g/mol. The highest BCUT2D eigenvalue weighted by molar-refractivity contribution is 5.70. The Kier molecular flexibility index (Phi) is 3.37. The number of rotatable bonds is 3. The zero-order valence-electron chi connectivity index (χ0n) is 11.1. The fourth-order valence-electron chi connectivity index (χ4n) is 1.90. The summed E-state index contributed by atoms with van der Waals surface area (Å²) in [6.07, 6.45) is 4.19. The minimum Gasteiger partial charge on any atom is -0.177 e. The van der Waals surface area contributed by atoms with Crippen LogP contribution < -0.4 is 0 Å². The van der Waals surface area contributed by atoms with Gasteiger partial charge in [0, 0.05) is 5.56 Å². The molecule has 1 aromatic heterocycles. The summed E-state index contributed by atoms with van der Waals surface area (Å²) in [6, 6.07) is 16.5. The Hall–Kier alpha value is -2.75. The first-order valence-corrected chi connectivity index (χ1v) is 6.40. The Morgan fingerprint density at radius 3 is 2.00 bits per heavy atom. The van der Waals surface area contributed by atoms with E-state index in [9.17, 15) is 0 Å². The molecule has 1 heterocycles. The highest BCUT2D eigenvalue weighted by Crippen LogP contribution is 2.15. The summed E-state index contributed by atoms with van der Waals surface area (Å²) < 4.78 is 0. The van der Waals surface area contributed by atoms with E-state index in [0.717, 1.165) is 11.1 Å². The van der Waals surface area contributed by atoms with E-state index < -0.39 is 0 Å². The first-order chi connectivity index (χ1) is 9.81. The third kappa shape index (κ3) is 2.80. The second kappa shape index (κ2) is 5.48. The van der Waals surface area contributed by atoms with Gasteiger partial charge in [-0.05, 0) is 23.3 Å². The standard InChI is InChI=1S/C16H14N4/c1-12-2-4-13(5-3-12)6-7-14-8-10-15(11-9-14)16-17-19-20-18-16/h2-11H,1H3,(H,17,18,19,20)/b7-6+. The summed E-state index contributed by atoms with van der Waals surface area (Å²) in [4.78, 5) is 0. The van der Waals surface area contributed by atoms with Gasteiger partial charge in [0.25, 0.3) is 0 Å². The number of benzene rings is 2. The van der Waals surface area contributed by atoms with Gasteiger partial charge in [-0.15, -0.1) is 10.2 Å². The second-order valence-electron chi connectivity index (χ2n) is 4.60. The Bertz CT molecular complexity index is 695. The number of aryl methyl sites for hydroxylation is 1. The molecule has 20 heavy (non-hydrogen) atoms. The molecule has 0 aliphatic rings. The number of aromatic nitrogens is 4. The summed E-state index contributed by atoms with van der Waals surface area (Å²) in [5.74, 6) is 0.610. The molecule has 4 nitrogen and oxygen atoms in total. The molecule has 0 bridgehead atoms. The van der Waals surface area contributed by atoms with Gasteiger partial charge < -0.3 is 0 Å². The van der Waals surface area contributed by atoms with Crippen LogP contribution in [-0.2, 0) is 0 Å². The molecule has 0 radical (unpaired) electrons. The Morgan fingerprint density at radius 2 is 1.45 bits per heavy atom. The summed E-state index contributed by atoms with van der Waals surface area (Å²) in [5, 5.41) is 13.9. The number of hydrogen-bond donors (Lipinski definition) is 1. The van der Waals surface area contributed by atoms with Crippen molar-refractivity contribution in [2.75, 3.05) is 0 Å². The number of aromatic amines is 1. The van der Waals surface area contributed by atoms with E-state index in [0.29, 0.717) is 5.82 Å². The predicted octanol–water partition coefficient (Wildman–Crippen LogP) is 3.35.